The van der Waals surface area contributed by atoms with Gasteiger partial charge in [-0.15, -0.1) is 0 Å². The average Bonchev–Trinajstić information content (AvgIpc) is 2.83. The van der Waals surface area contributed by atoms with Gasteiger partial charge in [0, 0.05) is 32.4 Å². The van der Waals surface area contributed by atoms with E-state index in [1.54, 1.807) is 24.9 Å². The third kappa shape index (κ3) is 5.61. The summed E-state index contributed by atoms with van der Waals surface area (Å²) in [5.74, 6) is 0. The SMILES string of the molecule is C=C(C)CN(C)S(=O)(=O)c1cnn(CCCNC(C)C)c1. The Morgan fingerprint density at radius 2 is 2.19 bits per heavy atom. The van der Waals surface area contributed by atoms with Crippen LogP contribution in [0.4, 0.5) is 0 Å². The van der Waals surface area contributed by atoms with Crippen LogP contribution in [0.5, 0.6) is 0 Å². The van der Waals surface area contributed by atoms with Crippen LogP contribution in [0.15, 0.2) is 29.4 Å². The Bertz CT molecular complexity index is 563. The number of hydrogen-bond acceptors (Lipinski definition) is 4. The number of rotatable bonds is 9. The zero-order valence-electron chi connectivity index (χ0n) is 13.3. The predicted octanol–water partition coefficient (Wildman–Crippen LogP) is 1.47. The Kier molecular flexibility index (Phi) is 6.57. The Balaban J connectivity index is 2.63. The molecule has 0 bridgehead atoms. The summed E-state index contributed by atoms with van der Waals surface area (Å²) in [4.78, 5) is 0.225. The molecule has 6 nitrogen and oxygen atoms in total. The molecule has 0 amide bonds. The third-order valence-corrected chi connectivity index (χ3v) is 4.68. The van der Waals surface area contributed by atoms with E-state index in [4.69, 9.17) is 0 Å². The van der Waals surface area contributed by atoms with Gasteiger partial charge in [-0.3, -0.25) is 4.68 Å². The molecule has 0 spiro atoms. The molecule has 120 valence electrons. The van der Waals surface area contributed by atoms with Crippen molar-refractivity contribution in [2.75, 3.05) is 20.1 Å². The minimum absolute atomic E-state index is 0.225. The minimum atomic E-state index is -3.48. The van der Waals surface area contributed by atoms with Gasteiger partial charge >= 0.3 is 0 Å². The first-order valence-corrected chi connectivity index (χ1v) is 8.54. The van der Waals surface area contributed by atoms with Crippen molar-refractivity contribution < 1.29 is 8.42 Å². The fourth-order valence-electron chi connectivity index (χ4n) is 1.88. The van der Waals surface area contributed by atoms with Gasteiger partial charge in [-0.05, 0) is 19.9 Å². The Labute approximate surface area is 127 Å². The van der Waals surface area contributed by atoms with Crippen molar-refractivity contribution in [1.29, 1.82) is 0 Å². The van der Waals surface area contributed by atoms with E-state index in [1.165, 1.54) is 10.5 Å². The van der Waals surface area contributed by atoms with E-state index in [-0.39, 0.29) is 4.90 Å². The molecular weight excluding hydrogens is 288 g/mol. The van der Waals surface area contributed by atoms with Crippen molar-refractivity contribution in [1.82, 2.24) is 19.4 Å². The molecule has 0 aliphatic rings. The number of sulfonamides is 1. The van der Waals surface area contributed by atoms with Crippen LogP contribution in [0.25, 0.3) is 0 Å². The summed E-state index contributed by atoms with van der Waals surface area (Å²) >= 11 is 0. The summed E-state index contributed by atoms with van der Waals surface area (Å²) in [6.07, 6.45) is 3.89. The molecule has 0 aliphatic heterocycles. The standard InChI is InChI=1S/C14H26N4O2S/c1-12(2)10-17(5)21(19,20)14-9-16-18(11-14)8-6-7-15-13(3)4/h9,11,13,15H,1,6-8,10H2,2-5H3. The fourth-order valence-corrected chi connectivity index (χ4v) is 3.06. The van der Waals surface area contributed by atoms with E-state index < -0.39 is 10.0 Å². The van der Waals surface area contributed by atoms with E-state index in [0.29, 0.717) is 19.1 Å². The van der Waals surface area contributed by atoms with Crippen LogP contribution >= 0.6 is 0 Å². The molecule has 0 atom stereocenters. The first-order chi connectivity index (χ1) is 9.73. The van der Waals surface area contributed by atoms with Crippen LogP contribution in [0.1, 0.15) is 27.2 Å². The molecule has 1 heterocycles. The molecule has 1 rings (SSSR count). The molecule has 0 aliphatic carbocycles. The fraction of sp³-hybridized carbons (Fsp3) is 0.643. The monoisotopic (exact) mass is 314 g/mol. The molecule has 0 aromatic carbocycles. The zero-order chi connectivity index (χ0) is 16.0. The van der Waals surface area contributed by atoms with Crippen molar-refractivity contribution in [3.05, 3.63) is 24.5 Å². The Morgan fingerprint density at radius 1 is 1.52 bits per heavy atom. The number of hydrogen-bond donors (Lipinski definition) is 1. The smallest absolute Gasteiger partial charge is 0.246 e. The Hall–Kier alpha value is -1.18. The van der Waals surface area contributed by atoms with Gasteiger partial charge in [0.1, 0.15) is 4.90 Å². The second-order valence-electron chi connectivity index (χ2n) is 5.62. The highest BCUT2D eigenvalue weighted by molar-refractivity contribution is 7.89. The van der Waals surface area contributed by atoms with Gasteiger partial charge in [-0.2, -0.15) is 9.40 Å². The maximum Gasteiger partial charge on any atom is 0.246 e. The minimum Gasteiger partial charge on any atom is -0.314 e. The molecule has 21 heavy (non-hydrogen) atoms. The quantitative estimate of drug-likeness (QED) is 0.553. The highest BCUT2D eigenvalue weighted by Crippen LogP contribution is 2.14. The summed E-state index contributed by atoms with van der Waals surface area (Å²) in [7, 11) is -1.93. The van der Waals surface area contributed by atoms with Gasteiger partial charge in [0.05, 0.1) is 6.20 Å². The third-order valence-electron chi connectivity index (χ3n) is 2.93. The van der Waals surface area contributed by atoms with E-state index in [2.05, 4.69) is 30.8 Å². The molecule has 0 saturated heterocycles. The van der Waals surface area contributed by atoms with Crippen molar-refractivity contribution in [3.8, 4) is 0 Å². The first kappa shape index (κ1) is 17.9. The van der Waals surface area contributed by atoms with Crippen LogP contribution in [-0.4, -0.2) is 48.7 Å². The average molecular weight is 314 g/mol. The normalized spacial score (nSPS) is 12.3. The molecule has 7 heteroatoms. The highest BCUT2D eigenvalue weighted by atomic mass is 32.2. The van der Waals surface area contributed by atoms with Gasteiger partial charge in [-0.25, -0.2) is 8.42 Å². The van der Waals surface area contributed by atoms with Gasteiger partial charge in [0.25, 0.3) is 0 Å². The molecule has 0 unspecified atom stereocenters. The largest absolute Gasteiger partial charge is 0.314 e. The lowest BCUT2D eigenvalue weighted by Gasteiger charge is -2.15. The lowest BCUT2D eigenvalue weighted by Crippen LogP contribution is -2.28. The molecule has 1 N–H and O–H groups in total. The lowest BCUT2D eigenvalue weighted by atomic mass is 10.3. The zero-order valence-corrected chi connectivity index (χ0v) is 14.2. The topological polar surface area (TPSA) is 67.2 Å². The van der Waals surface area contributed by atoms with Crippen LogP contribution in [0, 0.1) is 0 Å². The first-order valence-electron chi connectivity index (χ1n) is 7.10. The molecule has 0 radical (unpaired) electrons. The number of nitrogens with one attached hydrogen (secondary N) is 1. The molecule has 1 aromatic heterocycles. The summed E-state index contributed by atoms with van der Waals surface area (Å²) in [6, 6.07) is 0.453. The summed E-state index contributed by atoms with van der Waals surface area (Å²) in [5.41, 5.74) is 0.799. The van der Waals surface area contributed by atoms with E-state index in [1.807, 2.05) is 0 Å². The number of aryl methyl sites for hydroxylation is 1. The van der Waals surface area contributed by atoms with Crippen LogP contribution in [0.2, 0.25) is 0 Å². The highest BCUT2D eigenvalue weighted by Gasteiger charge is 2.22. The maximum absolute atomic E-state index is 12.3. The van der Waals surface area contributed by atoms with Crippen molar-refractivity contribution in [2.24, 2.45) is 0 Å². The van der Waals surface area contributed by atoms with E-state index >= 15 is 0 Å². The van der Waals surface area contributed by atoms with Crippen LogP contribution in [0.3, 0.4) is 0 Å². The maximum atomic E-state index is 12.3. The summed E-state index contributed by atoms with van der Waals surface area (Å²) in [5, 5.41) is 7.44. The summed E-state index contributed by atoms with van der Waals surface area (Å²) in [6.45, 7) is 11.6. The van der Waals surface area contributed by atoms with Gasteiger partial charge in [0.15, 0.2) is 0 Å². The molecular formula is C14H26N4O2S. The van der Waals surface area contributed by atoms with Crippen LogP contribution < -0.4 is 5.32 Å². The second-order valence-corrected chi connectivity index (χ2v) is 7.66. The predicted molar refractivity (Wildman–Crippen MR) is 84.6 cm³/mol. The summed E-state index contributed by atoms with van der Waals surface area (Å²) < 4.78 is 27.6. The van der Waals surface area contributed by atoms with Crippen molar-refractivity contribution in [2.45, 2.75) is 44.7 Å². The van der Waals surface area contributed by atoms with E-state index in [0.717, 1.165) is 18.5 Å². The second kappa shape index (κ2) is 7.72. The lowest BCUT2D eigenvalue weighted by molar-refractivity contribution is 0.492. The van der Waals surface area contributed by atoms with Crippen molar-refractivity contribution >= 4 is 10.0 Å². The van der Waals surface area contributed by atoms with Gasteiger partial charge in [-0.1, -0.05) is 26.0 Å². The molecule has 0 saturated carbocycles. The Morgan fingerprint density at radius 3 is 2.76 bits per heavy atom. The van der Waals surface area contributed by atoms with E-state index in [9.17, 15) is 8.42 Å². The molecule has 0 fully saturated rings. The number of aromatic nitrogens is 2. The van der Waals surface area contributed by atoms with Gasteiger partial charge in [0.2, 0.25) is 10.0 Å². The number of nitrogens with zero attached hydrogens (tertiary/aromatic N) is 3. The molecule has 1 aromatic rings. The van der Waals surface area contributed by atoms with Gasteiger partial charge < -0.3 is 5.32 Å². The van der Waals surface area contributed by atoms with Crippen LogP contribution in [-0.2, 0) is 16.6 Å². The number of likely N-dealkylation sites (N-methyl/N-ethyl adjacent to an activating group) is 1. The van der Waals surface area contributed by atoms with Crippen molar-refractivity contribution in [3.63, 3.8) is 0 Å².